The van der Waals surface area contributed by atoms with Crippen LogP contribution in [0.2, 0.25) is 0 Å². The van der Waals surface area contributed by atoms with E-state index in [1.165, 1.54) is 23.1 Å². The minimum atomic E-state index is -0.271. The average Bonchev–Trinajstić information content (AvgIpc) is 3.19. The zero-order valence-corrected chi connectivity index (χ0v) is 16.7. The van der Waals surface area contributed by atoms with E-state index >= 15 is 0 Å². The van der Waals surface area contributed by atoms with Gasteiger partial charge in [-0.05, 0) is 55.1 Å². The molecule has 4 nitrogen and oxygen atoms in total. The van der Waals surface area contributed by atoms with Gasteiger partial charge in [-0.15, -0.1) is 23.1 Å². The first-order valence-electron chi connectivity index (χ1n) is 8.51. The number of benzene rings is 2. The Kier molecular flexibility index (Phi) is 6.32. The Morgan fingerprint density at radius 2 is 1.81 bits per heavy atom. The lowest BCUT2D eigenvalue weighted by Gasteiger charge is -2.14. The van der Waals surface area contributed by atoms with Crippen molar-refractivity contribution in [2.45, 2.75) is 24.0 Å². The summed E-state index contributed by atoms with van der Waals surface area (Å²) in [5.41, 5.74) is 2.57. The molecule has 6 heteroatoms. The normalized spacial score (nSPS) is 11.6. The molecule has 3 rings (SSSR count). The number of thioether (sulfide) groups is 1. The summed E-state index contributed by atoms with van der Waals surface area (Å²) in [7, 11) is 0. The third-order valence-electron chi connectivity index (χ3n) is 3.92. The fourth-order valence-electron chi connectivity index (χ4n) is 2.45. The van der Waals surface area contributed by atoms with Crippen molar-refractivity contribution in [2.75, 3.05) is 10.6 Å². The Hall–Kier alpha value is -2.57. The van der Waals surface area contributed by atoms with Crippen LogP contribution in [0.4, 0.5) is 11.4 Å². The number of anilines is 2. The quantitative estimate of drug-likeness (QED) is 0.546. The second kappa shape index (κ2) is 8.88. The molecule has 2 amide bonds. The van der Waals surface area contributed by atoms with Crippen LogP contribution in [-0.4, -0.2) is 17.1 Å². The molecule has 1 heterocycles. The van der Waals surface area contributed by atoms with Crippen LogP contribution < -0.4 is 10.6 Å². The Bertz CT molecular complexity index is 939. The second-order valence-corrected chi connectivity index (χ2v) is 8.39. The zero-order valence-electron chi connectivity index (χ0n) is 15.1. The highest BCUT2D eigenvalue weighted by Gasteiger charge is 2.16. The third kappa shape index (κ3) is 5.21. The zero-order chi connectivity index (χ0) is 19.2. The molecule has 0 saturated heterocycles. The highest BCUT2D eigenvalue weighted by molar-refractivity contribution is 8.00. The average molecular weight is 397 g/mol. The molecule has 138 valence electrons. The minimum absolute atomic E-state index is 0.0534. The van der Waals surface area contributed by atoms with Crippen molar-refractivity contribution in [3.8, 4) is 0 Å². The van der Waals surface area contributed by atoms with E-state index in [9.17, 15) is 9.59 Å². The Labute approximate surface area is 167 Å². The fourth-order valence-corrected chi connectivity index (χ4v) is 4.00. The summed E-state index contributed by atoms with van der Waals surface area (Å²) in [4.78, 5) is 26.3. The lowest BCUT2D eigenvalue weighted by molar-refractivity contribution is -0.115. The predicted octanol–water partition coefficient (Wildman–Crippen LogP) is 5.43. The Morgan fingerprint density at radius 3 is 2.56 bits per heavy atom. The van der Waals surface area contributed by atoms with Gasteiger partial charge >= 0.3 is 0 Å². The number of amides is 2. The van der Waals surface area contributed by atoms with Crippen LogP contribution in [0.3, 0.4) is 0 Å². The first kappa shape index (κ1) is 19.2. The summed E-state index contributed by atoms with van der Waals surface area (Å²) >= 11 is 2.86. The largest absolute Gasteiger partial charge is 0.325 e. The molecule has 3 aromatic rings. The molecule has 0 aliphatic heterocycles. The van der Waals surface area contributed by atoms with Gasteiger partial charge in [0.05, 0.1) is 10.1 Å². The molecule has 2 N–H and O–H groups in total. The van der Waals surface area contributed by atoms with Crippen molar-refractivity contribution >= 4 is 46.3 Å². The SMILES string of the molecule is Cc1ccccc1NC(=O)C(C)Sc1cccc(NC(=O)c2cccs2)c1. The van der Waals surface area contributed by atoms with Gasteiger partial charge in [0.1, 0.15) is 0 Å². The Balaban J connectivity index is 1.62. The maximum Gasteiger partial charge on any atom is 0.265 e. The van der Waals surface area contributed by atoms with Crippen molar-refractivity contribution in [1.82, 2.24) is 0 Å². The number of hydrogen-bond acceptors (Lipinski definition) is 4. The number of thiophene rings is 1. The standard InChI is InChI=1S/C21H20N2O2S2/c1-14-7-3-4-10-18(14)23-20(24)15(2)27-17-9-5-8-16(13-17)22-21(25)19-11-6-12-26-19/h3-13,15H,1-2H3,(H,22,25)(H,23,24). The van der Waals surface area contributed by atoms with Crippen molar-refractivity contribution in [3.05, 3.63) is 76.5 Å². The van der Waals surface area contributed by atoms with Gasteiger partial charge < -0.3 is 10.6 Å². The molecule has 2 aromatic carbocycles. The molecular formula is C21H20N2O2S2. The molecule has 0 saturated carbocycles. The van der Waals surface area contributed by atoms with Crippen LogP contribution in [0.25, 0.3) is 0 Å². The van der Waals surface area contributed by atoms with E-state index in [0.29, 0.717) is 10.6 Å². The number of carbonyl (C=O) groups excluding carboxylic acids is 2. The number of hydrogen-bond donors (Lipinski definition) is 2. The van der Waals surface area contributed by atoms with E-state index in [1.54, 1.807) is 6.07 Å². The second-order valence-electron chi connectivity index (χ2n) is 6.02. The van der Waals surface area contributed by atoms with Gasteiger partial charge in [0, 0.05) is 16.3 Å². The van der Waals surface area contributed by atoms with Gasteiger partial charge in [-0.3, -0.25) is 9.59 Å². The Morgan fingerprint density at radius 1 is 1.00 bits per heavy atom. The van der Waals surface area contributed by atoms with Crippen LogP contribution in [0.15, 0.2) is 70.9 Å². The van der Waals surface area contributed by atoms with E-state index in [1.807, 2.05) is 73.8 Å². The molecular weight excluding hydrogens is 376 g/mol. The molecule has 27 heavy (non-hydrogen) atoms. The number of nitrogens with one attached hydrogen (secondary N) is 2. The maximum absolute atomic E-state index is 12.5. The fraction of sp³-hybridized carbons (Fsp3) is 0.143. The van der Waals surface area contributed by atoms with Crippen LogP contribution in [0, 0.1) is 6.92 Å². The van der Waals surface area contributed by atoms with E-state index in [0.717, 1.165) is 16.1 Å². The number of para-hydroxylation sites is 1. The van der Waals surface area contributed by atoms with Gasteiger partial charge in [0.25, 0.3) is 5.91 Å². The summed E-state index contributed by atoms with van der Waals surface area (Å²) in [5, 5.41) is 7.46. The number of rotatable bonds is 6. The third-order valence-corrected chi connectivity index (χ3v) is 5.88. The van der Waals surface area contributed by atoms with Gasteiger partial charge in [-0.25, -0.2) is 0 Å². The van der Waals surface area contributed by atoms with Crippen molar-refractivity contribution in [2.24, 2.45) is 0 Å². The monoisotopic (exact) mass is 396 g/mol. The smallest absolute Gasteiger partial charge is 0.265 e. The van der Waals surface area contributed by atoms with E-state index in [4.69, 9.17) is 0 Å². The van der Waals surface area contributed by atoms with E-state index in [-0.39, 0.29) is 17.1 Å². The van der Waals surface area contributed by atoms with Gasteiger partial charge in [0.15, 0.2) is 0 Å². The first-order chi connectivity index (χ1) is 13.0. The lowest BCUT2D eigenvalue weighted by atomic mass is 10.2. The summed E-state index contributed by atoms with van der Waals surface area (Å²) in [6, 6.07) is 18.9. The van der Waals surface area contributed by atoms with E-state index < -0.39 is 0 Å². The molecule has 0 fully saturated rings. The minimum Gasteiger partial charge on any atom is -0.325 e. The molecule has 0 aliphatic rings. The van der Waals surface area contributed by atoms with Crippen LogP contribution in [-0.2, 0) is 4.79 Å². The van der Waals surface area contributed by atoms with Crippen LogP contribution in [0.5, 0.6) is 0 Å². The van der Waals surface area contributed by atoms with Gasteiger partial charge in [-0.1, -0.05) is 30.3 Å². The molecule has 1 aromatic heterocycles. The summed E-state index contributed by atoms with van der Waals surface area (Å²) in [5.74, 6) is -0.181. The van der Waals surface area contributed by atoms with Crippen LogP contribution >= 0.6 is 23.1 Å². The summed E-state index contributed by atoms with van der Waals surface area (Å²) < 4.78 is 0. The lowest BCUT2D eigenvalue weighted by Crippen LogP contribution is -2.22. The maximum atomic E-state index is 12.5. The van der Waals surface area contributed by atoms with Crippen LogP contribution in [0.1, 0.15) is 22.2 Å². The molecule has 0 spiro atoms. The summed E-state index contributed by atoms with van der Waals surface area (Å²) in [6.45, 7) is 3.84. The van der Waals surface area contributed by atoms with E-state index in [2.05, 4.69) is 10.6 Å². The molecule has 0 bridgehead atoms. The molecule has 1 atom stereocenters. The van der Waals surface area contributed by atoms with Crippen molar-refractivity contribution < 1.29 is 9.59 Å². The summed E-state index contributed by atoms with van der Waals surface area (Å²) in [6.07, 6.45) is 0. The molecule has 0 aliphatic carbocycles. The van der Waals surface area contributed by atoms with Crippen molar-refractivity contribution in [3.63, 3.8) is 0 Å². The topological polar surface area (TPSA) is 58.2 Å². The van der Waals surface area contributed by atoms with Gasteiger partial charge in [0.2, 0.25) is 5.91 Å². The van der Waals surface area contributed by atoms with Crippen molar-refractivity contribution in [1.29, 1.82) is 0 Å². The predicted molar refractivity (Wildman–Crippen MR) is 114 cm³/mol. The van der Waals surface area contributed by atoms with Gasteiger partial charge in [-0.2, -0.15) is 0 Å². The molecule has 1 unspecified atom stereocenters. The first-order valence-corrected chi connectivity index (χ1v) is 10.3. The highest BCUT2D eigenvalue weighted by Crippen LogP contribution is 2.27. The number of carbonyl (C=O) groups is 2. The number of aryl methyl sites for hydroxylation is 1. The molecule has 0 radical (unpaired) electrons. The highest BCUT2D eigenvalue weighted by atomic mass is 32.2.